The summed E-state index contributed by atoms with van der Waals surface area (Å²) >= 11 is 12.4. The number of benzene rings is 2. The summed E-state index contributed by atoms with van der Waals surface area (Å²) in [5.41, 5.74) is 5.05. The highest BCUT2D eigenvalue weighted by atomic mass is 35.5. The van der Waals surface area contributed by atoms with Gasteiger partial charge < -0.3 is 10.6 Å². The fourth-order valence-corrected chi connectivity index (χ4v) is 4.34. The van der Waals surface area contributed by atoms with Crippen LogP contribution in [-0.2, 0) is 0 Å². The van der Waals surface area contributed by atoms with Crippen LogP contribution < -0.4 is 10.6 Å². The van der Waals surface area contributed by atoms with Gasteiger partial charge in [-0.2, -0.15) is 0 Å². The average Bonchev–Trinajstić information content (AvgIpc) is 2.68. The Morgan fingerprint density at radius 3 is 2.55 bits per heavy atom. The zero-order valence-corrected chi connectivity index (χ0v) is 13.7. The predicted molar refractivity (Wildman–Crippen MR) is 94.2 cm³/mol. The number of hydrogen-bond acceptors (Lipinski definition) is 2. The highest BCUT2D eigenvalue weighted by Gasteiger charge is 2.34. The first kappa shape index (κ1) is 14.4. The normalized spacial score (nSPS) is 23.4. The van der Waals surface area contributed by atoms with E-state index in [1.165, 1.54) is 16.8 Å². The van der Waals surface area contributed by atoms with Crippen molar-refractivity contribution in [1.82, 2.24) is 5.32 Å². The summed E-state index contributed by atoms with van der Waals surface area (Å²) in [6, 6.07) is 12.8. The van der Waals surface area contributed by atoms with Crippen molar-refractivity contribution in [3.8, 4) is 11.1 Å². The van der Waals surface area contributed by atoms with Gasteiger partial charge in [0.15, 0.2) is 0 Å². The lowest BCUT2D eigenvalue weighted by molar-refractivity contribution is 0.579. The minimum atomic E-state index is 0.529. The van der Waals surface area contributed by atoms with Crippen LogP contribution in [-0.4, -0.2) is 19.1 Å². The molecule has 1 saturated heterocycles. The highest BCUT2D eigenvalue weighted by Crippen LogP contribution is 2.45. The van der Waals surface area contributed by atoms with E-state index in [4.69, 9.17) is 23.2 Å². The third-order valence-electron chi connectivity index (χ3n) is 4.74. The van der Waals surface area contributed by atoms with Crippen molar-refractivity contribution >= 4 is 28.9 Å². The Morgan fingerprint density at radius 2 is 1.73 bits per heavy atom. The first-order valence-corrected chi connectivity index (χ1v) is 8.54. The van der Waals surface area contributed by atoms with Crippen LogP contribution in [0, 0.1) is 0 Å². The summed E-state index contributed by atoms with van der Waals surface area (Å²) in [6.07, 6.45) is 2.32. The van der Waals surface area contributed by atoms with Crippen LogP contribution in [0.1, 0.15) is 24.3 Å². The topological polar surface area (TPSA) is 24.1 Å². The van der Waals surface area contributed by atoms with Gasteiger partial charge in [0, 0.05) is 27.7 Å². The molecule has 2 heterocycles. The second kappa shape index (κ2) is 5.77. The van der Waals surface area contributed by atoms with E-state index in [9.17, 15) is 0 Å². The first-order chi connectivity index (χ1) is 10.7. The summed E-state index contributed by atoms with van der Waals surface area (Å²) in [5, 5.41) is 8.58. The molecule has 2 aromatic rings. The molecule has 2 aromatic carbocycles. The quantitative estimate of drug-likeness (QED) is 0.774. The molecule has 0 saturated carbocycles. The molecular weight excluding hydrogens is 315 g/mol. The molecule has 0 aromatic heterocycles. The Balaban J connectivity index is 1.84. The molecule has 0 spiro atoms. The van der Waals surface area contributed by atoms with Crippen LogP contribution in [0.15, 0.2) is 36.4 Å². The zero-order chi connectivity index (χ0) is 15.1. The number of hydrogen-bond donors (Lipinski definition) is 2. The van der Waals surface area contributed by atoms with Gasteiger partial charge >= 0.3 is 0 Å². The Hall–Kier alpha value is -1.22. The van der Waals surface area contributed by atoms with Crippen LogP contribution in [0.4, 0.5) is 5.69 Å². The van der Waals surface area contributed by atoms with Crippen LogP contribution in [0.5, 0.6) is 0 Å². The molecule has 0 amide bonds. The third-order valence-corrected chi connectivity index (χ3v) is 5.18. The minimum Gasteiger partial charge on any atom is -0.381 e. The molecule has 22 heavy (non-hydrogen) atoms. The largest absolute Gasteiger partial charge is 0.381 e. The van der Waals surface area contributed by atoms with E-state index < -0.39 is 0 Å². The molecule has 0 bridgehead atoms. The highest BCUT2D eigenvalue weighted by molar-refractivity contribution is 6.35. The van der Waals surface area contributed by atoms with E-state index in [0.29, 0.717) is 22.0 Å². The molecule has 2 N–H and O–H groups in total. The number of rotatable bonds is 1. The number of fused-ring (bicyclic) bond motifs is 3. The zero-order valence-electron chi connectivity index (χ0n) is 12.2. The SMILES string of the molecule is Clc1cc(Cl)cc(-c2cccc3c2[C@H]2CCNCC[C@@H]2N3)c1. The predicted octanol–water partition coefficient (Wildman–Crippen LogP) is 4.92. The van der Waals surface area contributed by atoms with Crippen molar-refractivity contribution in [3.05, 3.63) is 52.0 Å². The number of anilines is 1. The average molecular weight is 333 g/mol. The Bertz CT molecular complexity index is 694. The van der Waals surface area contributed by atoms with Gasteiger partial charge in [-0.05, 0) is 66.9 Å². The summed E-state index contributed by atoms with van der Waals surface area (Å²) < 4.78 is 0. The van der Waals surface area contributed by atoms with Crippen LogP contribution in [0.2, 0.25) is 10.0 Å². The molecule has 2 atom stereocenters. The second-order valence-corrected chi connectivity index (χ2v) is 6.98. The van der Waals surface area contributed by atoms with Gasteiger partial charge in [-0.25, -0.2) is 0 Å². The van der Waals surface area contributed by atoms with E-state index in [1.54, 1.807) is 6.07 Å². The van der Waals surface area contributed by atoms with E-state index in [2.05, 4.69) is 28.8 Å². The maximum atomic E-state index is 6.20. The monoisotopic (exact) mass is 332 g/mol. The fraction of sp³-hybridized carbons (Fsp3) is 0.333. The van der Waals surface area contributed by atoms with Gasteiger partial charge in [0.25, 0.3) is 0 Å². The van der Waals surface area contributed by atoms with E-state index in [-0.39, 0.29) is 0 Å². The van der Waals surface area contributed by atoms with Gasteiger partial charge in [0.1, 0.15) is 0 Å². The van der Waals surface area contributed by atoms with E-state index in [0.717, 1.165) is 31.5 Å². The van der Waals surface area contributed by atoms with Crippen molar-refractivity contribution in [2.45, 2.75) is 24.8 Å². The summed E-state index contributed by atoms with van der Waals surface area (Å²) in [6.45, 7) is 2.16. The Morgan fingerprint density at radius 1 is 0.955 bits per heavy atom. The van der Waals surface area contributed by atoms with Crippen molar-refractivity contribution in [2.75, 3.05) is 18.4 Å². The minimum absolute atomic E-state index is 0.529. The molecule has 1 fully saturated rings. The van der Waals surface area contributed by atoms with Crippen LogP contribution in [0.3, 0.4) is 0 Å². The smallest absolute Gasteiger partial charge is 0.0426 e. The van der Waals surface area contributed by atoms with Gasteiger partial charge in [0.05, 0.1) is 0 Å². The van der Waals surface area contributed by atoms with Crippen molar-refractivity contribution < 1.29 is 0 Å². The molecule has 2 nitrogen and oxygen atoms in total. The van der Waals surface area contributed by atoms with Gasteiger partial charge in [-0.15, -0.1) is 0 Å². The molecule has 4 rings (SSSR count). The fourth-order valence-electron chi connectivity index (χ4n) is 3.81. The van der Waals surface area contributed by atoms with E-state index in [1.807, 2.05) is 12.1 Å². The Kier molecular flexibility index (Phi) is 3.77. The van der Waals surface area contributed by atoms with Crippen LogP contribution in [0.25, 0.3) is 11.1 Å². The standard InChI is InChI=1S/C18H18Cl2N2/c19-12-8-11(9-13(20)10-12)14-2-1-3-17-18(14)15-4-6-21-7-5-16(15)22-17/h1-3,8-10,15-16,21-22H,4-7H2/t15-,16-/m0/s1. The lowest BCUT2D eigenvalue weighted by Crippen LogP contribution is -2.21. The molecule has 4 heteroatoms. The van der Waals surface area contributed by atoms with Crippen LogP contribution >= 0.6 is 23.2 Å². The molecule has 2 aliphatic heterocycles. The lowest BCUT2D eigenvalue weighted by atomic mass is 9.86. The molecule has 114 valence electrons. The summed E-state index contributed by atoms with van der Waals surface area (Å²) in [4.78, 5) is 0. The number of halogens is 2. The molecule has 0 aliphatic carbocycles. The Labute approximate surface area is 140 Å². The number of nitrogens with one attached hydrogen (secondary N) is 2. The van der Waals surface area contributed by atoms with Crippen molar-refractivity contribution in [3.63, 3.8) is 0 Å². The summed E-state index contributed by atoms with van der Waals surface area (Å²) in [5.74, 6) is 0.555. The molecular formula is C18H18Cl2N2. The molecule has 2 aliphatic rings. The van der Waals surface area contributed by atoms with Gasteiger partial charge in [-0.3, -0.25) is 0 Å². The van der Waals surface area contributed by atoms with Crippen molar-refractivity contribution in [1.29, 1.82) is 0 Å². The maximum absolute atomic E-state index is 6.20. The first-order valence-electron chi connectivity index (χ1n) is 7.79. The van der Waals surface area contributed by atoms with Gasteiger partial charge in [-0.1, -0.05) is 35.3 Å². The third kappa shape index (κ3) is 2.50. The van der Waals surface area contributed by atoms with E-state index >= 15 is 0 Å². The summed E-state index contributed by atoms with van der Waals surface area (Å²) in [7, 11) is 0. The van der Waals surface area contributed by atoms with Gasteiger partial charge in [0.2, 0.25) is 0 Å². The van der Waals surface area contributed by atoms with Crippen molar-refractivity contribution in [2.24, 2.45) is 0 Å². The second-order valence-electron chi connectivity index (χ2n) is 6.11. The molecule has 0 unspecified atom stereocenters. The maximum Gasteiger partial charge on any atom is 0.0426 e. The molecule has 0 radical (unpaired) electrons. The lowest BCUT2D eigenvalue weighted by Gasteiger charge is -2.18.